The lowest BCUT2D eigenvalue weighted by molar-refractivity contribution is -0.131. The predicted octanol–water partition coefficient (Wildman–Crippen LogP) is 1.70. The second kappa shape index (κ2) is 11.8. The number of nitrogens with zero attached hydrogens (tertiary/aromatic N) is 3. The SMILES string of the molecule is O=C1Cc2ccc(C(=O)CCN3CCN(C(=O)OCc4cccc(S(=O)(=O)N5CCOCC5)c4)CC3)cc2O1. The average molecular weight is 558 g/mol. The third-order valence-corrected chi connectivity index (χ3v) is 9.00. The number of piperazine rings is 1. The first-order valence-electron chi connectivity index (χ1n) is 13.0. The molecule has 0 saturated carbocycles. The number of hydrogen-bond acceptors (Lipinski definition) is 9. The Morgan fingerprint density at radius 1 is 0.949 bits per heavy atom. The third-order valence-electron chi connectivity index (χ3n) is 7.10. The van der Waals surface area contributed by atoms with Crippen LogP contribution in [0.3, 0.4) is 0 Å². The van der Waals surface area contributed by atoms with Gasteiger partial charge in [0, 0.05) is 63.4 Å². The van der Waals surface area contributed by atoms with E-state index in [9.17, 15) is 22.8 Å². The minimum Gasteiger partial charge on any atom is -0.445 e. The Hall–Kier alpha value is -3.32. The van der Waals surface area contributed by atoms with E-state index in [1.54, 1.807) is 41.3 Å². The lowest BCUT2D eigenvalue weighted by atomic mass is 10.0. The Kier molecular flexibility index (Phi) is 8.26. The summed E-state index contributed by atoms with van der Waals surface area (Å²) in [4.78, 5) is 40.6. The molecule has 3 aliphatic heterocycles. The molecule has 12 heteroatoms. The quantitative estimate of drug-likeness (QED) is 0.271. The van der Waals surface area contributed by atoms with Crippen LogP contribution in [0.15, 0.2) is 47.4 Å². The maximum absolute atomic E-state index is 12.9. The van der Waals surface area contributed by atoms with Crippen molar-refractivity contribution in [1.29, 1.82) is 0 Å². The van der Waals surface area contributed by atoms with Gasteiger partial charge in [0.25, 0.3) is 0 Å². The van der Waals surface area contributed by atoms with Crippen molar-refractivity contribution >= 4 is 27.9 Å². The molecule has 2 saturated heterocycles. The van der Waals surface area contributed by atoms with Gasteiger partial charge >= 0.3 is 12.1 Å². The van der Waals surface area contributed by atoms with Crippen LogP contribution in [-0.4, -0.2) is 99.4 Å². The highest BCUT2D eigenvalue weighted by molar-refractivity contribution is 7.89. The standard InChI is InChI=1S/C27H31N3O8S/c31-24(21-4-5-22-18-26(32)38-25(22)17-21)6-7-28-8-10-29(11-9-28)27(33)37-19-20-2-1-3-23(16-20)39(34,35)30-12-14-36-15-13-30/h1-5,16-17H,6-15,18-19H2. The number of fused-ring (bicyclic) bond motifs is 1. The number of ketones is 1. The number of amides is 1. The van der Waals surface area contributed by atoms with E-state index < -0.39 is 16.1 Å². The summed E-state index contributed by atoms with van der Waals surface area (Å²) in [7, 11) is -3.63. The summed E-state index contributed by atoms with van der Waals surface area (Å²) in [5, 5.41) is 0. The van der Waals surface area contributed by atoms with Crippen LogP contribution >= 0.6 is 0 Å². The summed E-state index contributed by atoms with van der Waals surface area (Å²) < 4.78 is 43.0. The van der Waals surface area contributed by atoms with Gasteiger partial charge in [0.15, 0.2) is 5.78 Å². The molecule has 2 fully saturated rings. The molecule has 0 spiro atoms. The van der Waals surface area contributed by atoms with Gasteiger partial charge in [-0.15, -0.1) is 0 Å². The van der Waals surface area contributed by atoms with Gasteiger partial charge in [-0.05, 0) is 23.8 Å². The normalized spacial score (nSPS) is 18.5. The van der Waals surface area contributed by atoms with E-state index >= 15 is 0 Å². The molecule has 0 bridgehead atoms. The summed E-state index contributed by atoms with van der Waals surface area (Å²) >= 11 is 0. The van der Waals surface area contributed by atoms with Gasteiger partial charge in [0.05, 0.1) is 24.5 Å². The number of Topliss-reactive ketones (excluding diaryl/α,β-unsaturated/α-hetero) is 1. The van der Waals surface area contributed by atoms with Crippen molar-refractivity contribution in [2.75, 3.05) is 59.0 Å². The van der Waals surface area contributed by atoms with Crippen LogP contribution in [0.5, 0.6) is 5.75 Å². The molecule has 208 valence electrons. The molecule has 0 atom stereocenters. The molecule has 0 radical (unpaired) electrons. The first-order chi connectivity index (χ1) is 18.8. The molecule has 0 aromatic heterocycles. The summed E-state index contributed by atoms with van der Waals surface area (Å²) in [6.45, 7) is 4.04. The van der Waals surface area contributed by atoms with Crippen molar-refractivity contribution in [2.24, 2.45) is 0 Å². The number of sulfonamides is 1. The predicted molar refractivity (Wildman–Crippen MR) is 139 cm³/mol. The van der Waals surface area contributed by atoms with E-state index in [0.717, 1.165) is 5.56 Å². The highest BCUT2D eigenvalue weighted by Gasteiger charge is 2.27. The molecule has 3 aliphatic rings. The van der Waals surface area contributed by atoms with Crippen molar-refractivity contribution in [2.45, 2.75) is 24.3 Å². The van der Waals surface area contributed by atoms with Crippen molar-refractivity contribution in [3.05, 3.63) is 59.2 Å². The van der Waals surface area contributed by atoms with Crippen molar-refractivity contribution < 1.29 is 37.0 Å². The highest BCUT2D eigenvalue weighted by atomic mass is 32.2. The van der Waals surface area contributed by atoms with Crippen LogP contribution in [0, 0.1) is 0 Å². The largest absolute Gasteiger partial charge is 0.445 e. The molecule has 2 aromatic carbocycles. The molecule has 1 amide bonds. The van der Waals surface area contributed by atoms with E-state index in [4.69, 9.17) is 14.2 Å². The van der Waals surface area contributed by atoms with Gasteiger partial charge in [-0.1, -0.05) is 24.3 Å². The Bertz CT molecular complexity index is 1350. The molecule has 11 nitrogen and oxygen atoms in total. The molecule has 39 heavy (non-hydrogen) atoms. The Morgan fingerprint density at radius 3 is 2.49 bits per heavy atom. The molecule has 0 N–H and O–H groups in total. The maximum Gasteiger partial charge on any atom is 0.410 e. The summed E-state index contributed by atoms with van der Waals surface area (Å²) in [6, 6.07) is 11.6. The van der Waals surface area contributed by atoms with Gasteiger partial charge in [0.2, 0.25) is 10.0 Å². The van der Waals surface area contributed by atoms with Gasteiger partial charge in [-0.25, -0.2) is 13.2 Å². The molecular weight excluding hydrogens is 526 g/mol. The first-order valence-corrected chi connectivity index (χ1v) is 14.4. The average Bonchev–Trinajstić information content (AvgIpc) is 3.34. The lowest BCUT2D eigenvalue weighted by Crippen LogP contribution is -2.49. The fourth-order valence-electron chi connectivity index (χ4n) is 4.81. The monoisotopic (exact) mass is 557 g/mol. The molecule has 5 rings (SSSR count). The highest BCUT2D eigenvalue weighted by Crippen LogP contribution is 2.27. The van der Waals surface area contributed by atoms with Crippen LogP contribution in [-0.2, 0) is 37.3 Å². The van der Waals surface area contributed by atoms with Crippen LogP contribution in [0.4, 0.5) is 4.79 Å². The number of hydrogen-bond donors (Lipinski definition) is 0. The number of benzene rings is 2. The van der Waals surface area contributed by atoms with E-state index in [-0.39, 0.29) is 29.7 Å². The zero-order valence-electron chi connectivity index (χ0n) is 21.5. The topological polar surface area (TPSA) is 123 Å². The molecule has 0 unspecified atom stereocenters. The van der Waals surface area contributed by atoms with E-state index in [2.05, 4.69) is 4.90 Å². The molecule has 0 aliphatic carbocycles. The number of rotatable bonds is 8. The smallest absolute Gasteiger partial charge is 0.410 e. The van der Waals surface area contributed by atoms with Crippen LogP contribution in [0.25, 0.3) is 0 Å². The fraction of sp³-hybridized carbons (Fsp3) is 0.444. The number of carbonyl (C=O) groups is 3. The number of morpholine rings is 1. The summed E-state index contributed by atoms with van der Waals surface area (Å²) in [5.41, 5.74) is 1.91. The van der Waals surface area contributed by atoms with E-state index in [1.807, 2.05) is 0 Å². The molecule has 3 heterocycles. The first kappa shape index (κ1) is 27.3. The Labute approximate surface area is 227 Å². The molecule has 2 aromatic rings. The van der Waals surface area contributed by atoms with Crippen molar-refractivity contribution in [3.63, 3.8) is 0 Å². The van der Waals surface area contributed by atoms with Crippen LogP contribution in [0.1, 0.15) is 27.9 Å². The fourth-order valence-corrected chi connectivity index (χ4v) is 6.29. The van der Waals surface area contributed by atoms with Crippen molar-refractivity contribution in [3.8, 4) is 5.75 Å². The van der Waals surface area contributed by atoms with Gasteiger partial charge < -0.3 is 19.1 Å². The lowest BCUT2D eigenvalue weighted by Gasteiger charge is -2.34. The minimum atomic E-state index is -3.63. The van der Waals surface area contributed by atoms with E-state index in [1.165, 1.54) is 10.4 Å². The van der Waals surface area contributed by atoms with Crippen LogP contribution in [0.2, 0.25) is 0 Å². The Morgan fingerprint density at radius 2 is 1.72 bits per heavy atom. The van der Waals surface area contributed by atoms with Crippen molar-refractivity contribution in [1.82, 2.24) is 14.1 Å². The van der Waals surface area contributed by atoms with E-state index in [0.29, 0.717) is 82.3 Å². The molecular formula is C27H31N3O8S. The second-order valence-corrected chi connectivity index (χ2v) is 11.6. The summed E-state index contributed by atoms with van der Waals surface area (Å²) in [6.07, 6.45) is 0.0977. The Balaban J connectivity index is 1.06. The minimum absolute atomic E-state index is 0.0274. The zero-order chi connectivity index (χ0) is 27.4. The zero-order valence-corrected chi connectivity index (χ0v) is 22.4. The number of esters is 1. The van der Waals surface area contributed by atoms with Gasteiger partial charge in [-0.2, -0.15) is 4.31 Å². The third kappa shape index (κ3) is 6.47. The van der Waals surface area contributed by atoms with Crippen LogP contribution < -0.4 is 4.74 Å². The van der Waals surface area contributed by atoms with Gasteiger partial charge in [0.1, 0.15) is 12.4 Å². The number of ether oxygens (including phenoxy) is 3. The number of carbonyl (C=O) groups excluding carboxylic acids is 3. The maximum atomic E-state index is 12.9. The van der Waals surface area contributed by atoms with Gasteiger partial charge in [-0.3, -0.25) is 14.5 Å². The second-order valence-electron chi connectivity index (χ2n) is 9.69. The summed E-state index contributed by atoms with van der Waals surface area (Å²) in [5.74, 6) is 0.125.